The number of hydrogen-bond donors (Lipinski definition) is 2. The summed E-state index contributed by atoms with van der Waals surface area (Å²) < 4.78 is 1.82. The van der Waals surface area contributed by atoms with Gasteiger partial charge in [0.1, 0.15) is 0 Å². The van der Waals surface area contributed by atoms with Gasteiger partial charge in [-0.25, -0.2) is 0 Å². The summed E-state index contributed by atoms with van der Waals surface area (Å²) in [6, 6.07) is 16.2. The van der Waals surface area contributed by atoms with Crippen LogP contribution in [0.3, 0.4) is 0 Å². The van der Waals surface area contributed by atoms with E-state index in [9.17, 15) is 10.1 Å². The maximum Gasteiger partial charge on any atom is 0.269 e. The molecule has 0 spiro atoms. The quantitative estimate of drug-likeness (QED) is 0.403. The van der Waals surface area contributed by atoms with E-state index in [0.717, 1.165) is 5.56 Å². The van der Waals surface area contributed by atoms with Crippen molar-refractivity contribution >= 4 is 34.5 Å². The summed E-state index contributed by atoms with van der Waals surface area (Å²) in [6.07, 6.45) is 1.87. The van der Waals surface area contributed by atoms with Gasteiger partial charge in [-0.1, -0.05) is 29.8 Å². The predicted molar refractivity (Wildman–Crippen MR) is 105 cm³/mol. The van der Waals surface area contributed by atoms with Crippen LogP contribution in [0.5, 0.6) is 0 Å². The van der Waals surface area contributed by atoms with E-state index < -0.39 is 4.92 Å². The number of aromatic nitrogens is 2. The molecule has 0 fully saturated rings. The maximum atomic E-state index is 10.7. The standard InChI is InChI=1S/C18H17N5O2S/c1-13-2-4-14(5-3-13)12-22-11-10-17(21-22)20-18(26)19-15-6-8-16(9-7-15)23(24)25/h2-11H,12H2,1H3,(H2,19,20,21,26). The molecule has 1 aromatic heterocycles. The topological polar surface area (TPSA) is 85.0 Å². The van der Waals surface area contributed by atoms with Gasteiger partial charge < -0.3 is 10.6 Å². The van der Waals surface area contributed by atoms with Crippen LogP contribution in [0.1, 0.15) is 11.1 Å². The number of thiocarbonyl (C=S) groups is 1. The lowest BCUT2D eigenvalue weighted by atomic mass is 10.1. The minimum atomic E-state index is -0.443. The Morgan fingerprint density at radius 2 is 1.81 bits per heavy atom. The van der Waals surface area contributed by atoms with E-state index in [1.54, 1.807) is 12.1 Å². The third-order valence-electron chi connectivity index (χ3n) is 3.68. The number of nitro groups is 1. The first-order chi connectivity index (χ1) is 12.5. The Kier molecular flexibility index (Phi) is 5.23. The number of non-ortho nitro benzene ring substituents is 1. The highest BCUT2D eigenvalue weighted by Crippen LogP contribution is 2.16. The minimum absolute atomic E-state index is 0.0317. The van der Waals surface area contributed by atoms with Crippen LogP contribution in [0.4, 0.5) is 17.2 Å². The molecule has 0 saturated heterocycles. The van der Waals surface area contributed by atoms with Crippen molar-refractivity contribution < 1.29 is 4.92 Å². The highest BCUT2D eigenvalue weighted by molar-refractivity contribution is 7.80. The Labute approximate surface area is 155 Å². The second-order valence-corrected chi connectivity index (χ2v) is 6.18. The largest absolute Gasteiger partial charge is 0.332 e. The number of nitrogens with zero attached hydrogens (tertiary/aromatic N) is 3. The average Bonchev–Trinajstić information content (AvgIpc) is 3.04. The molecule has 3 rings (SSSR count). The number of benzene rings is 2. The fraction of sp³-hybridized carbons (Fsp3) is 0.111. The maximum absolute atomic E-state index is 10.7. The number of aryl methyl sites for hydroxylation is 1. The molecule has 0 radical (unpaired) electrons. The first kappa shape index (κ1) is 17.6. The summed E-state index contributed by atoms with van der Waals surface area (Å²) in [4.78, 5) is 10.2. The molecule has 0 aliphatic heterocycles. The van der Waals surface area contributed by atoms with Crippen molar-refractivity contribution in [1.29, 1.82) is 0 Å². The van der Waals surface area contributed by atoms with Crippen LogP contribution in [-0.4, -0.2) is 19.8 Å². The van der Waals surface area contributed by atoms with Crippen molar-refractivity contribution in [2.24, 2.45) is 0 Å². The van der Waals surface area contributed by atoms with Crippen molar-refractivity contribution in [3.8, 4) is 0 Å². The van der Waals surface area contributed by atoms with Gasteiger partial charge >= 0.3 is 0 Å². The molecular formula is C18H17N5O2S. The average molecular weight is 367 g/mol. The molecule has 0 aliphatic carbocycles. The van der Waals surface area contributed by atoms with Gasteiger partial charge in [-0.15, -0.1) is 0 Å². The van der Waals surface area contributed by atoms with Crippen LogP contribution < -0.4 is 10.6 Å². The molecular weight excluding hydrogens is 350 g/mol. The monoisotopic (exact) mass is 367 g/mol. The lowest BCUT2D eigenvalue weighted by Gasteiger charge is -2.08. The fourth-order valence-electron chi connectivity index (χ4n) is 2.34. The van der Waals surface area contributed by atoms with E-state index in [1.165, 1.54) is 17.7 Å². The van der Waals surface area contributed by atoms with Crippen molar-refractivity contribution in [2.75, 3.05) is 10.6 Å². The third-order valence-corrected chi connectivity index (χ3v) is 3.89. The van der Waals surface area contributed by atoms with Crippen LogP contribution in [0.15, 0.2) is 60.8 Å². The summed E-state index contributed by atoms with van der Waals surface area (Å²) in [5, 5.41) is 21.4. The molecule has 2 aromatic carbocycles. The highest BCUT2D eigenvalue weighted by atomic mass is 32.1. The zero-order valence-electron chi connectivity index (χ0n) is 14.0. The fourth-order valence-corrected chi connectivity index (χ4v) is 2.56. The first-order valence-corrected chi connectivity index (χ1v) is 8.32. The number of nitro benzene ring substituents is 1. The second kappa shape index (κ2) is 7.75. The Balaban J connectivity index is 1.57. The smallest absolute Gasteiger partial charge is 0.269 e. The highest BCUT2D eigenvalue weighted by Gasteiger charge is 2.06. The van der Waals surface area contributed by atoms with Gasteiger partial charge in [-0.05, 0) is 36.8 Å². The summed E-state index contributed by atoms with van der Waals surface area (Å²) in [5.74, 6) is 0.622. The zero-order valence-corrected chi connectivity index (χ0v) is 14.9. The van der Waals surface area contributed by atoms with E-state index in [4.69, 9.17) is 12.2 Å². The molecule has 1 heterocycles. The Morgan fingerprint density at radius 1 is 1.12 bits per heavy atom. The zero-order chi connectivity index (χ0) is 18.5. The van der Waals surface area contributed by atoms with Crippen LogP contribution in [0, 0.1) is 17.0 Å². The molecule has 0 aliphatic rings. The van der Waals surface area contributed by atoms with Gasteiger partial charge in [0.25, 0.3) is 5.69 Å². The molecule has 0 amide bonds. The van der Waals surface area contributed by atoms with E-state index in [-0.39, 0.29) is 5.69 Å². The van der Waals surface area contributed by atoms with Crippen LogP contribution in [-0.2, 0) is 6.54 Å². The van der Waals surface area contributed by atoms with E-state index in [1.807, 2.05) is 16.9 Å². The van der Waals surface area contributed by atoms with Crippen molar-refractivity contribution in [3.63, 3.8) is 0 Å². The molecule has 7 nitrogen and oxygen atoms in total. The summed E-state index contributed by atoms with van der Waals surface area (Å²) in [7, 11) is 0. The summed E-state index contributed by atoms with van der Waals surface area (Å²) in [5.41, 5.74) is 3.08. The molecule has 132 valence electrons. The number of rotatable bonds is 5. The molecule has 3 aromatic rings. The predicted octanol–water partition coefficient (Wildman–Crippen LogP) is 3.96. The number of anilines is 2. The van der Waals surface area contributed by atoms with Crippen molar-refractivity contribution in [1.82, 2.24) is 9.78 Å². The van der Waals surface area contributed by atoms with Crippen LogP contribution >= 0.6 is 12.2 Å². The summed E-state index contributed by atoms with van der Waals surface area (Å²) in [6.45, 7) is 2.73. The molecule has 8 heteroatoms. The molecule has 0 unspecified atom stereocenters. The Morgan fingerprint density at radius 3 is 2.46 bits per heavy atom. The van der Waals surface area contributed by atoms with Gasteiger partial charge in [0.2, 0.25) is 0 Å². The molecule has 26 heavy (non-hydrogen) atoms. The lowest BCUT2D eigenvalue weighted by molar-refractivity contribution is -0.384. The lowest BCUT2D eigenvalue weighted by Crippen LogP contribution is -2.19. The Bertz CT molecular complexity index is 920. The third kappa shape index (κ3) is 4.64. The molecule has 0 atom stereocenters. The second-order valence-electron chi connectivity index (χ2n) is 5.77. The normalized spacial score (nSPS) is 10.3. The van der Waals surface area contributed by atoms with E-state index in [0.29, 0.717) is 23.2 Å². The van der Waals surface area contributed by atoms with Gasteiger partial charge in [0.05, 0.1) is 11.5 Å². The summed E-state index contributed by atoms with van der Waals surface area (Å²) >= 11 is 5.25. The Hall–Kier alpha value is -3.26. The van der Waals surface area contributed by atoms with Crippen LogP contribution in [0.2, 0.25) is 0 Å². The molecule has 0 bridgehead atoms. The van der Waals surface area contributed by atoms with Gasteiger partial charge in [0, 0.05) is 30.1 Å². The van der Waals surface area contributed by atoms with Crippen molar-refractivity contribution in [3.05, 3.63) is 82.0 Å². The van der Waals surface area contributed by atoms with Crippen LogP contribution in [0.25, 0.3) is 0 Å². The number of hydrogen-bond acceptors (Lipinski definition) is 4. The van der Waals surface area contributed by atoms with E-state index in [2.05, 4.69) is 46.9 Å². The minimum Gasteiger partial charge on any atom is -0.332 e. The van der Waals surface area contributed by atoms with Gasteiger partial charge in [-0.3, -0.25) is 14.8 Å². The SMILES string of the molecule is Cc1ccc(Cn2ccc(NC(=S)Nc3ccc([N+](=O)[O-])cc3)n2)cc1. The van der Waals surface area contributed by atoms with Gasteiger partial charge in [0.15, 0.2) is 10.9 Å². The number of nitrogens with one attached hydrogen (secondary N) is 2. The first-order valence-electron chi connectivity index (χ1n) is 7.91. The molecule has 2 N–H and O–H groups in total. The molecule has 0 saturated carbocycles. The van der Waals surface area contributed by atoms with Gasteiger partial charge in [-0.2, -0.15) is 5.10 Å². The van der Waals surface area contributed by atoms with E-state index >= 15 is 0 Å². The van der Waals surface area contributed by atoms with Crippen molar-refractivity contribution in [2.45, 2.75) is 13.5 Å².